The summed E-state index contributed by atoms with van der Waals surface area (Å²) in [5.41, 5.74) is 0.0347. The van der Waals surface area contributed by atoms with Gasteiger partial charge in [-0.3, -0.25) is 18.2 Å². The van der Waals surface area contributed by atoms with Crippen LogP contribution in [0.1, 0.15) is 44.5 Å². The fourth-order valence-corrected chi connectivity index (χ4v) is 10.3. The van der Waals surface area contributed by atoms with Crippen molar-refractivity contribution in [2.45, 2.75) is 45.3 Å². The molecule has 0 aromatic heterocycles. The van der Waals surface area contributed by atoms with Crippen molar-refractivity contribution in [2.75, 3.05) is 106 Å². The number of hydrogen-bond acceptors (Lipinski definition) is 18. The molecule has 384 valence electrons. The summed E-state index contributed by atoms with van der Waals surface area (Å²) < 4.78 is 207. The molecule has 7 rings (SSSR count). The number of rotatable bonds is 4. The van der Waals surface area contributed by atoms with E-state index in [4.69, 9.17) is 47.4 Å². The second kappa shape index (κ2) is 23.4. The van der Waals surface area contributed by atoms with Crippen LogP contribution >= 0.6 is 0 Å². The SMILES string of the molecule is O=S(=O)(O)c1cc2c3c(c1)Cc1cc(S(=O)(=O)O)cc4c1OCCOCCOCCOCCOc1c(cc(S(=O)(=O)O)cc1Cc1cc(S(=O)(=O)O)cc(c1OCCOCCOCCOCCO3)C2)C4. The van der Waals surface area contributed by atoms with Crippen molar-refractivity contribution in [3.05, 3.63) is 93.0 Å². The molecule has 0 fully saturated rings. The van der Waals surface area contributed by atoms with E-state index in [0.29, 0.717) is 0 Å². The van der Waals surface area contributed by atoms with Gasteiger partial charge in [0.25, 0.3) is 40.5 Å². The Morgan fingerprint density at radius 1 is 0.257 bits per heavy atom. The zero-order valence-electron chi connectivity index (χ0n) is 37.5. The van der Waals surface area contributed by atoms with Crippen LogP contribution in [0.25, 0.3) is 0 Å². The Labute approximate surface area is 405 Å². The van der Waals surface area contributed by atoms with Gasteiger partial charge in [0.1, 0.15) is 49.4 Å². The lowest BCUT2D eigenvalue weighted by molar-refractivity contribution is 0.00463. The van der Waals surface area contributed by atoms with E-state index in [9.17, 15) is 51.9 Å². The van der Waals surface area contributed by atoms with E-state index >= 15 is 0 Å². The maximum atomic E-state index is 13.1. The molecule has 0 unspecified atom stereocenters. The third-order valence-corrected chi connectivity index (χ3v) is 14.3. The molecule has 4 aromatic rings. The molecule has 22 nitrogen and oxygen atoms in total. The van der Waals surface area contributed by atoms with Crippen molar-refractivity contribution >= 4 is 40.5 Å². The first-order valence-corrected chi connectivity index (χ1v) is 27.5. The van der Waals surface area contributed by atoms with Crippen LogP contribution in [0, 0.1) is 0 Å². The summed E-state index contributed by atoms with van der Waals surface area (Å²) in [4.78, 5) is -2.61. The van der Waals surface area contributed by atoms with Crippen LogP contribution < -0.4 is 18.9 Å². The van der Waals surface area contributed by atoms with Crippen molar-refractivity contribution in [1.29, 1.82) is 0 Å². The van der Waals surface area contributed by atoms with Gasteiger partial charge >= 0.3 is 0 Å². The van der Waals surface area contributed by atoms with E-state index in [1.165, 1.54) is 0 Å². The van der Waals surface area contributed by atoms with Crippen molar-refractivity contribution in [3.8, 4) is 23.0 Å². The summed E-state index contributed by atoms with van der Waals surface area (Å²) in [6.45, 7) is 0.569. The molecule has 26 heteroatoms. The van der Waals surface area contributed by atoms with Crippen molar-refractivity contribution < 1.29 is 99.3 Å². The molecule has 0 saturated carbocycles. The molecule has 0 saturated heterocycles. The summed E-state index contributed by atoms with van der Waals surface area (Å²) in [6, 6.07) is 8.67. The monoisotopic (exact) mass is 1060 g/mol. The van der Waals surface area contributed by atoms with Crippen LogP contribution in [0.15, 0.2) is 68.1 Å². The molecule has 0 spiro atoms. The molecule has 0 amide bonds. The lowest BCUT2D eigenvalue weighted by Crippen LogP contribution is -2.18. The molecule has 2 heterocycles. The second-order valence-electron chi connectivity index (χ2n) is 16.0. The molecule has 4 aromatic carbocycles. The van der Waals surface area contributed by atoms with Crippen molar-refractivity contribution in [1.82, 2.24) is 0 Å². The molecule has 0 radical (unpaired) electrons. The highest BCUT2D eigenvalue weighted by Gasteiger charge is 2.29. The van der Waals surface area contributed by atoms with Gasteiger partial charge in [-0.05, 0) is 48.5 Å². The average molecular weight is 1060 g/mol. The highest BCUT2D eigenvalue weighted by Crippen LogP contribution is 2.42. The van der Waals surface area contributed by atoms with Gasteiger partial charge in [-0.1, -0.05) is 0 Å². The minimum Gasteiger partial charge on any atom is -0.491 e. The highest BCUT2D eigenvalue weighted by atomic mass is 32.2. The molecule has 3 aliphatic rings. The van der Waals surface area contributed by atoms with Crippen LogP contribution in [0.5, 0.6) is 23.0 Å². The lowest BCUT2D eigenvalue weighted by atomic mass is 9.91. The van der Waals surface area contributed by atoms with Gasteiger partial charge in [-0.15, -0.1) is 0 Å². The number of ether oxygens (including phenoxy) is 10. The Bertz CT molecular complexity index is 2580. The van der Waals surface area contributed by atoms with Crippen LogP contribution in [0.2, 0.25) is 0 Å². The first kappa shape index (κ1) is 53.3. The van der Waals surface area contributed by atoms with Crippen LogP contribution in [-0.2, 0) is 94.6 Å². The molecular weight excluding hydrogens is 1010 g/mol. The maximum Gasteiger partial charge on any atom is 0.294 e. The topological polar surface area (TPSA) is 310 Å². The number of benzene rings is 4. The van der Waals surface area contributed by atoms with Gasteiger partial charge in [0, 0.05) is 70.2 Å². The van der Waals surface area contributed by atoms with Gasteiger partial charge in [0.05, 0.1) is 98.9 Å². The molecule has 2 aliphatic heterocycles. The molecule has 70 heavy (non-hydrogen) atoms. The average Bonchev–Trinajstić information content (AvgIpc) is 3.26. The van der Waals surface area contributed by atoms with E-state index in [2.05, 4.69) is 0 Å². The van der Waals surface area contributed by atoms with E-state index in [1.54, 1.807) is 0 Å². The fourth-order valence-electron chi connectivity index (χ4n) is 7.99. The quantitative estimate of drug-likeness (QED) is 0.188. The maximum absolute atomic E-state index is 13.1. The lowest BCUT2D eigenvalue weighted by Gasteiger charge is -2.24. The smallest absolute Gasteiger partial charge is 0.294 e. The highest BCUT2D eigenvalue weighted by molar-refractivity contribution is 7.86. The number of hydrogen-bond donors (Lipinski definition) is 4. The molecule has 1 aliphatic carbocycles. The van der Waals surface area contributed by atoms with E-state index in [0.717, 1.165) is 48.5 Å². The van der Waals surface area contributed by atoms with Crippen LogP contribution in [0.3, 0.4) is 0 Å². The summed E-state index contributed by atoms with van der Waals surface area (Å²) in [7, 11) is -20.2. The predicted octanol–water partition coefficient (Wildman–Crippen LogP) is 2.99. The van der Waals surface area contributed by atoms with E-state index in [-0.39, 0.29) is 173 Å². The Balaban J connectivity index is 1.60. The third-order valence-electron chi connectivity index (χ3n) is 11.0. The predicted molar refractivity (Wildman–Crippen MR) is 243 cm³/mol. The van der Waals surface area contributed by atoms with Crippen molar-refractivity contribution in [2.24, 2.45) is 0 Å². The third kappa shape index (κ3) is 14.3. The standard InChI is InChI=1S/C44H52O22S4/c45-67(46,47)37-21-29-17-30-22-38(68(48,49)50)27-35-20-36-28-40(70(54,55)56)24-32-18-31-23-39(69(51,52)53)26-34(43(31)65-15-11-61-7-3-58-4-8-62-12-16-66-44(32)36)19-33(25-37)41(29)63-13-9-59-5-1-57-2-6-60-10-14-64-42(30)35/h21-28H,1-20H2,(H,45,46,47)(H,48,49,50)(H,51,52,53)(H,54,55,56). The largest absolute Gasteiger partial charge is 0.491 e. The van der Waals surface area contributed by atoms with Gasteiger partial charge in [-0.25, -0.2) is 0 Å². The van der Waals surface area contributed by atoms with Gasteiger partial charge in [0.2, 0.25) is 0 Å². The normalized spacial score (nSPS) is 18.0. The first-order chi connectivity index (χ1) is 33.3. The Hall–Kier alpha value is -4.52. The molecule has 4 N–H and O–H groups in total. The fraction of sp³-hybridized carbons (Fsp3) is 0.455. The molecule has 12 bridgehead atoms. The van der Waals surface area contributed by atoms with Crippen LogP contribution in [0.4, 0.5) is 0 Å². The minimum atomic E-state index is -5.05. The molecule has 0 atom stereocenters. The molecular formula is C44H52O22S4. The summed E-state index contributed by atoms with van der Waals surface area (Å²) in [6.07, 6.45) is -1.78. The van der Waals surface area contributed by atoms with Crippen LogP contribution in [-0.4, -0.2) is 158 Å². The Morgan fingerprint density at radius 2 is 0.400 bits per heavy atom. The summed E-state index contributed by atoms with van der Waals surface area (Å²) in [5, 5.41) is 0. The zero-order valence-corrected chi connectivity index (χ0v) is 40.8. The van der Waals surface area contributed by atoms with Gasteiger partial charge in [-0.2, -0.15) is 33.7 Å². The van der Waals surface area contributed by atoms with E-state index < -0.39 is 85.7 Å². The summed E-state index contributed by atoms with van der Waals surface area (Å²) in [5.74, 6) is -0.0963. The van der Waals surface area contributed by atoms with E-state index in [1.807, 2.05) is 0 Å². The van der Waals surface area contributed by atoms with Gasteiger partial charge < -0.3 is 47.4 Å². The Morgan fingerprint density at radius 3 is 0.543 bits per heavy atom. The zero-order chi connectivity index (χ0) is 50.1. The summed E-state index contributed by atoms with van der Waals surface area (Å²) >= 11 is 0. The van der Waals surface area contributed by atoms with Crippen molar-refractivity contribution in [3.63, 3.8) is 0 Å². The first-order valence-electron chi connectivity index (χ1n) is 21.8. The van der Waals surface area contributed by atoms with Gasteiger partial charge in [0.15, 0.2) is 0 Å². The Kier molecular flexibility index (Phi) is 17.8. The minimum absolute atomic E-state index is 0.00260. The second-order valence-corrected chi connectivity index (χ2v) is 21.6.